The van der Waals surface area contributed by atoms with Crippen LogP contribution in [0.4, 0.5) is 0 Å². The van der Waals surface area contributed by atoms with Crippen molar-refractivity contribution in [2.24, 2.45) is 0 Å². The Morgan fingerprint density at radius 3 is 2.63 bits per heavy atom. The van der Waals surface area contributed by atoms with Crippen molar-refractivity contribution >= 4 is 22.7 Å². The van der Waals surface area contributed by atoms with Gasteiger partial charge in [-0.15, -0.1) is 0 Å². The molecular formula is C21H23NO5. The summed E-state index contributed by atoms with van der Waals surface area (Å²) in [5.41, 5.74) is 2.95. The van der Waals surface area contributed by atoms with Crippen molar-refractivity contribution in [1.29, 1.82) is 0 Å². The minimum absolute atomic E-state index is 0.0863. The highest BCUT2D eigenvalue weighted by Gasteiger charge is 2.21. The van der Waals surface area contributed by atoms with Crippen LogP contribution in [0, 0.1) is 13.8 Å². The average Bonchev–Trinajstić information content (AvgIpc) is 3.20. The van der Waals surface area contributed by atoms with E-state index in [9.17, 15) is 9.59 Å². The lowest BCUT2D eigenvalue weighted by Gasteiger charge is -2.17. The summed E-state index contributed by atoms with van der Waals surface area (Å²) in [6.45, 7) is 6.06. The van der Waals surface area contributed by atoms with Crippen LogP contribution in [0.15, 0.2) is 40.8 Å². The van der Waals surface area contributed by atoms with Gasteiger partial charge in [-0.05, 0) is 39.0 Å². The minimum Gasteiger partial charge on any atom is -0.451 e. The molecule has 0 aliphatic heterocycles. The number of fused-ring (bicyclic) bond motifs is 1. The lowest BCUT2D eigenvalue weighted by Crippen LogP contribution is -2.16. The van der Waals surface area contributed by atoms with Gasteiger partial charge in [-0.3, -0.25) is 4.79 Å². The fraction of sp³-hybridized carbons (Fsp3) is 0.333. The molecule has 27 heavy (non-hydrogen) atoms. The second-order valence-corrected chi connectivity index (χ2v) is 6.61. The van der Waals surface area contributed by atoms with Crippen LogP contribution in [0.3, 0.4) is 0 Å². The Balaban J connectivity index is 1.70. The van der Waals surface area contributed by atoms with Gasteiger partial charge in [-0.2, -0.15) is 0 Å². The lowest BCUT2D eigenvalue weighted by molar-refractivity contribution is 0.0446. The first-order valence-corrected chi connectivity index (χ1v) is 8.78. The summed E-state index contributed by atoms with van der Waals surface area (Å²) in [5.74, 6) is -0.812. The van der Waals surface area contributed by atoms with E-state index in [0.29, 0.717) is 17.8 Å². The zero-order valence-electron chi connectivity index (χ0n) is 15.9. The largest absolute Gasteiger partial charge is 0.451 e. The van der Waals surface area contributed by atoms with E-state index in [1.165, 1.54) is 0 Å². The van der Waals surface area contributed by atoms with Gasteiger partial charge in [-0.25, -0.2) is 4.79 Å². The summed E-state index contributed by atoms with van der Waals surface area (Å²) >= 11 is 0. The van der Waals surface area contributed by atoms with Gasteiger partial charge in [0.15, 0.2) is 6.61 Å². The summed E-state index contributed by atoms with van der Waals surface area (Å²) in [4.78, 5) is 24.8. The first-order chi connectivity index (χ1) is 12.9. The molecule has 3 aromatic rings. The summed E-state index contributed by atoms with van der Waals surface area (Å²) in [7, 11) is 1.65. The van der Waals surface area contributed by atoms with Crippen molar-refractivity contribution in [3.63, 3.8) is 0 Å². The summed E-state index contributed by atoms with van der Waals surface area (Å²) < 4.78 is 17.9. The van der Waals surface area contributed by atoms with Crippen LogP contribution >= 0.6 is 0 Å². The molecule has 0 fully saturated rings. The summed E-state index contributed by atoms with van der Waals surface area (Å²) in [6, 6.07) is 10.8. The molecule has 0 amide bonds. The van der Waals surface area contributed by atoms with E-state index in [4.69, 9.17) is 13.9 Å². The zero-order chi connectivity index (χ0) is 19.6. The topological polar surface area (TPSA) is 70.7 Å². The molecule has 6 nitrogen and oxygen atoms in total. The van der Waals surface area contributed by atoms with Crippen molar-refractivity contribution < 1.29 is 23.5 Å². The maximum atomic E-state index is 12.6. The number of rotatable bonds is 7. The number of aryl methyl sites for hydroxylation is 1. The number of nitrogens with zero attached hydrogens (tertiary/aromatic N) is 1. The molecule has 142 valence electrons. The van der Waals surface area contributed by atoms with Crippen molar-refractivity contribution in [3.05, 3.63) is 59.1 Å². The van der Waals surface area contributed by atoms with E-state index < -0.39 is 5.97 Å². The number of benzene rings is 1. The van der Waals surface area contributed by atoms with Gasteiger partial charge in [-0.1, -0.05) is 18.2 Å². The predicted molar refractivity (Wildman–Crippen MR) is 101 cm³/mol. The molecule has 1 atom stereocenters. The van der Waals surface area contributed by atoms with Gasteiger partial charge < -0.3 is 18.5 Å². The highest BCUT2D eigenvalue weighted by atomic mass is 16.5. The quantitative estimate of drug-likeness (QED) is 0.463. The van der Waals surface area contributed by atoms with E-state index >= 15 is 0 Å². The van der Waals surface area contributed by atoms with Crippen molar-refractivity contribution in [2.75, 3.05) is 20.3 Å². The summed E-state index contributed by atoms with van der Waals surface area (Å²) in [6.07, 6.45) is 0. The first kappa shape index (κ1) is 18.9. The minimum atomic E-state index is -0.652. The first-order valence-electron chi connectivity index (χ1n) is 8.78. The molecule has 0 bridgehead atoms. The van der Waals surface area contributed by atoms with Crippen LogP contribution in [0.5, 0.6) is 0 Å². The van der Waals surface area contributed by atoms with Crippen LogP contribution in [0.2, 0.25) is 0 Å². The second-order valence-electron chi connectivity index (χ2n) is 6.61. The number of aromatic nitrogens is 1. The number of esters is 1. The van der Waals surface area contributed by atoms with Gasteiger partial charge in [0.25, 0.3) is 0 Å². The normalized spacial score (nSPS) is 12.3. The van der Waals surface area contributed by atoms with Crippen LogP contribution < -0.4 is 0 Å². The monoisotopic (exact) mass is 369 g/mol. The maximum Gasteiger partial charge on any atom is 0.374 e. The van der Waals surface area contributed by atoms with Crippen molar-refractivity contribution in [1.82, 2.24) is 4.57 Å². The van der Waals surface area contributed by atoms with Crippen LogP contribution in [-0.2, 0) is 9.47 Å². The predicted octanol–water partition coefficient (Wildman–Crippen LogP) is 4.10. The molecule has 3 rings (SSSR count). The van der Waals surface area contributed by atoms with E-state index in [1.54, 1.807) is 19.2 Å². The Bertz CT molecular complexity index is 949. The number of carbonyl (C=O) groups is 2. The average molecular weight is 369 g/mol. The van der Waals surface area contributed by atoms with Crippen molar-refractivity contribution in [2.45, 2.75) is 26.8 Å². The molecule has 1 aromatic carbocycles. The Hall–Kier alpha value is -2.86. The van der Waals surface area contributed by atoms with E-state index in [0.717, 1.165) is 16.8 Å². The fourth-order valence-electron chi connectivity index (χ4n) is 3.42. The molecule has 0 saturated heterocycles. The second kappa shape index (κ2) is 7.80. The SMILES string of the molecule is COC[C@H](C)n1c(C)cc(C(=O)COC(=O)c2cc3ccccc3o2)c1C. The lowest BCUT2D eigenvalue weighted by atomic mass is 10.1. The van der Waals surface area contributed by atoms with Crippen LogP contribution in [-0.4, -0.2) is 36.6 Å². The molecule has 0 aliphatic carbocycles. The third-order valence-electron chi connectivity index (χ3n) is 4.59. The Morgan fingerprint density at radius 2 is 1.93 bits per heavy atom. The molecule has 0 spiro atoms. The maximum absolute atomic E-state index is 12.6. The standard InChI is InChI=1S/C21H23NO5/c1-13-9-17(15(3)22(13)14(2)11-25-4)18(23)12-26-21(24)20-10-16-7-5-6-8-19(16)27-20/h5-10,14H,11-12H2,1-4H3/t14-/m0/s1. The van der Waals surface area contributed by atoms with Gasteiger partial charge in [0.2, 0.25) is 11.5 Å². The van der Waals surface area contributed by atoms with E-state index in [2.05, 4.69) is 4.57 Å². The van der Waals surface area contributed by atoms with Crippen molar-refractivity contribution in [3.8, 4) is 0 Å². The number of hydrogen-bond donors (Lipinski definition) is 0. The number of ketones is 1. The molecule has 0 aliphatic rings. The Labute approximate surface area is 157 Å². The molecule has 0 radical (unpaired) electrons. The molecular weight excluding hydrogens is 346 g/mol. The number of ether oxygens (including phenoxy) is 2. The number of methoxy groups -OCH3 is 1. The Morgan fingerprint density at radius 1 is 1.19 bits per heavy atom. The third kappa shape index (κ3) is 3.80. The van der Waals surface area contributed by atoms with Gasteiger partial charge in [0.05, 0.1) is 12.6 Å². The molecule has 6 heteroatoms. The molecule has 0 N–H and O–H groups in total. The number of para-hydroxylation sites is 1. The number of carbonyl (C=O) groups excluding carboxylic acids is 2. The smallest absolute Gasteiger partial charge is 0.374 e. The van der Waals surface area contributed by atoms with E-state index in [1.807, 2.05) is 45.0 Å². The molecule has 0 saturated carbocycles. The fourth-order valence-corrected chi connectivity index (χ4v) is 3.42. The van der Waals surface area contributed by atoms with Crippen LogP contribution in [0.1, 0.15) is 45.3 Å². The molecule has 0 unspecified atom stereocenters. The van der Waals surface area contributed by atoms with Gasteiger partial charge in [0, 0.05) is 29.4 Å². The molecule has 2 heterocycles. The molecule has 2 aromatic heterocycles. The number of furan rings is 1. The number of hydrogen-bond acceptors (Lipinski definition) is 5. The number of Topliss-reactive ketones (excluding diaryl/α,β-unsaturated/α-hetero) is 1. The highest BCUT2D eigenvalue weighted by molar-refractivity contribution is 6.00. The van der Waals surface area contributed by atoms with Gasteiger partial charge in [0.1, 0.15) is 5.58 Å². The Kier molecular flexibility index (Phi) is 5.46. The van der Waals surface area contributed by atoms with Crippen LogP contribution in [0.25, 0.3) is 11.0 Å². The zero-order valence-corrected chi connectivity index (χ0v) is 15.9. The van der Waals surface area contributed by atoms with E-state index in [-0.39, 0.29) is 24.2 Å². The summed E-state index contributed by atoms with van der Waals surface area (Å²) in [5, 5.41) is 0.812. The third-order valence-corrected chi connectivity index (χ3v) is 4.59. The van der Waals surface area contributed by atoms with Gasteiger partial charge >= 0.3 is 5.97 Å². The highest BCUT2D eigenvalue weighted by Crippen LogP contribution is 2.22.